The number of rotatable bonds is 2. The van der Waals surface area contributed by atoms with Crippen molar-refractivity contribution in [2.24, 2.45) is 0 Å². The van der Waals surface area contributed by atoms with Crippen molar-refractivity contribution in [2.75, 3.05) is 18.4 Å². The van der Waals surface area contributed by atoms with Gasteiger partial charge in [-0.3, -0.25) is 9.59 Å². The molecule has 0 bridgehead atoms. The summed E-state index contributed by atoms with van der Waals surface area (Å²) in [4.78, 5) is 26.5. The van der Waals surface area contributed by atoms with Gasteiger partial charge in [-0.2, -0.15) is 16.9 Å². The summed E-state index contributed by atoms with van der Waals surface area (Å²) in [6, 6.07) is 9.57. The van der Waals surface area contributed by atoms with Crippen LogP contribution in [0.25, 0.3) is 5.69 Å². The van der Waals surface area contributed by atoms with E-state index < -0.39 is 11.8 Å². The molecule has 1 aromatic carbocycles. The van der Waals surface area contributed by atoms with Crippen molar-refractivity contribution >= 4 is 29.4 Å². The van der Waals surface area contributed by atoms with E-state index in [0.29, 0.717) is 31.7 Å². The molecule has 1 fully saturated rings. The van der Waals surface area contributed by atoms with E-state index in [1.165, 1.54) is 4.90 Å². The van der Waals surface area contributed by atoms with Gasteiger partial charge in [0, 0.05) is 30.2 Å². The van der Waals surface area contributed by atoms with Crippen LogP contribution in [0.2, 0.25) is 0 Å². The lowest BCUT2D eigenvalue weighted by molar-refractivity contribution is -0.144. The largest absolute Gasteiger partial charge is 0.393 e. The molecule has 2 aliphatic rings. The molecule has 0 aliphatic carbocycles. The number of aliphatic hydroxyl groups excluding tert-OH is 1. The number of amides is 2. The molecule has 1 aromatic heterocycles. The summed E-state index contributed by atoms with van der Waals surface area (Å²) < 4.78 is 1.70. The predicted molar refractivity (Wildman–Crippen MR) is 99.0 cm³/mol. The molecule has 8 heteroatoms. The highest BCUT2D eigenvalue weighted by Crippen LogP contribution is 2.36. The fraction of sp³-hybridized carbons (Fsp3) is 0.389. The third kappa shape index (κ3) is 3.22. The lowest BCUT2D eigenvalue weighted by Crippen LogP contribution is -2.45. The van der Waals surface area contributed by atoms with Gasteiger partial charge in [-0.25, -0.2) is 4.68 Å². The van der Waals surface area contributed by atoms with Crippen molar-refractivity contribution in [3.63, 3.8) is 0 Å². The van der Waals surface area contributed by atoms with Gasteiger partial charge in [-0.1, -0.05) is 18.2 Å². The van der Waals surface area contributed by atoms with Crippen LogP contribution in [-0.2, 0) is 21.1 Å². The zero-order chi connectivity index (χ0) is 18.1. The molecule has 2 aliphatic heterocycles. The molecule has 136 valence electrons. The molecule has 2 amide bonds. The molecule has 0 radical (unpaired) electrons. The number of likely N-dealkylation sites (tertiary alicyclic amines) is 1. The Bertz CT molecular complexity index is 828. The van der Waals surface area contributed by atoms with Crippen LogP contribution in [0.4, 0.5) is 5.82 Å². The zero-order valence-corrected chi connectivity index (χ0v) is 15.0. The highest BCUT2D eigenvalue weighted by molar-refractivity contribution is 7.98. The Morgan fingerprint density at radius 1 is 1.15 bits per heavy atom. The molecular formula is C18H20N4O3S. The molecular weight excluding hydrogens is 352 g/mol. The number of fused-ring (bicyclic) bond motifs is 1. The topological polar surface area (TPSA) is 87.5 Å². The number of carbonyl (C=O) groups excluding carboxylic acids is 2. The van der Waals surface area contributed by atoms with Gasteiger partial charge < -0.3 is 15.3 Å². The van der Waals surface area contributed by atoms with Crippen LogP contribution >= 0.6 is 11.8 Å². The molecule has 4 rings (SSSR count). The first kappa shape index (κ1) is 17.1. The Balaban J connectivity index is 1.58. The molecule has 0 saturated carbocycles. The Hall–Kier alpha value is -2.32. The molecule has 26 heavy (non-hydrogen) atoms. The van der Waals surface area contributed by atoms with E-state index in [9.17, 15) is 14.7 Å². The number of hydrogen-bond acceptors (Lipinski definition) is 5. The average molecular weight is 372 g/mol. The van der Waals surface area contributed by atoms with Crippen LogP contribution < -0.4 is 5.32 Å². The summed E-state index contributed by atoms with van der Waals surface area (Å²) in [5.41, 5.74) is 2.77. The smallest absolute Gasteiger partial charge is 0.315 e. The maximum absolute atomic E-state index is 12.6. The van der Waals surface area contributed by atoms with Crippen LogP contribution in [0, 0.1) is 0 Å². The second-order valence-electron chi connectivity index (χ2n) is 6.49. The fourth-order valence-electron chi connectivity index (χ4n) is 3.27. The van der Waals surface area contributed by atoms with Gasteiger partial charge in [0.25, 0.3) is 0 Å². The number of nitrogens with zero attached hydrogens (tertiary/aromatic N) is 3. The quantitative estimate of drug-likeness (QED) is 0.781. The second-order valence-corrected chi connectivity index (χ2v) is 7.48. The number of thioether (sulfide) groups is 1. The van der Waals surface area contributed by atoms with Gasteiger partial charge in [0.2, 0.25) is 0 Å². The minimum absolute atomic E-state index is 0.387. The molecule has 7 nitrogen and oxygen atoms in total. The zero-order valence-electron chi connectivity index (χ0n) is 14.2. The predicted octanol–water partition coefficient (Wildman–Crippen LogP) is 1.54. The minimum atomic E-state index is -0.654. The van der Waals surface area contributed by atoms with E-state index in [2.05, 4.69) is 10.4 Å². The maximum Gasteiger partial charge on any atom is 0.315 e. The number of piperidine rings is 1. The van der Waals surface area contributed by atoms with Crippen molar-refractivity contribution < 1.29 is 14.7 Å². The van der Waals surface area contributed by atoms with Gasteiger partial charge in [0.1, 0.15) is 5.82 Å². The van der Waals surface area contributed by atoms with Crippen LogP contribution in [0.15, 0.2) is 30.3 Å². The van der Waals surface area contributed by atoms with Gasteiger partial charge in [0.15, 0.2) is 0 Å². The van der Waals surface area contributed by atoms with Crippen molar-refractivity contribution in [1.82, 2.24) is 14.7 Å². The number of carbonyl (C=O) groups is 2. The number of hydrogen-bond donors (Lipinski definition) is 2. The number of aromatic nitrogens is 2. The Kier molecular flexibility index (Phi) is 4.69. The number of nitrogens with one attached hydrogen (secondary N) is 1. The molecule has 2 N–H and O–H groups in total. The lowest BCUT2D eigenvalue weighted by atomic mass is 10.1. The molecule has 2 aromatic rings. The lowest BCUT2D eigenvalue weighted by Gasteiger charge is -2.29. The highest BCUT2D eigenvalue weighted by atomic mass is 32.2. The van der Waals surface area contributed by atoms with Gasteiger partial charge in [-0.05, 0) is 25.0 Å². The van der Waals surface area contributed by atoms with Crippen LogP contribution in [0.5, 0.6) is 0 Å². The normalized spacial score (nSPS) is 17.2. The number of para-hydroxylation sites is 1. The average Bonchev–Trinajstić information content (AvgIpc) is 3.25. The number of benzene rings is 1. The first-order chi connectivity index (χ1) is 12.6. The van der Waals surface area contributed by atoms with E-state index in [1.54, 1.807) is 16.4 Å². The number of anilines is 1. The second kappa shape index (κ2) is 7.13. The number of aliphatic hydroxyl groups is 1. The summed E-state index contributed by atoms with van der Waals surface area (Å²) in [6.07, 6.45) is 0.627. The minimum Gasteiger partial charge on any atom is -0.393 e. The SMILES string of the molecule is O=C(Nc1c2c(nn1-c1ccccc1)CSC2)C(=O)N1CCC(O)CC1. The summed E-state index contributed by atoms with van der Waals surface area (Å²) in [6.45, 7) is 0.804. The molecule has 0 atom stereocenters. The highest BCUT2D eigenvalue weighted by Gasteiger charge is 2.30. The molecule has 0 unspecified atom stereocenters. The maximum atomic E-state index is 12.6. The Labute approximate surface area is 155 Å². The molecule has 0 spiro atoms. The Morgan fingerprint density at radius 2 is 1.88 bits per heavy atom. The first-order valence-electron chi connectivity index (χ1n) is 8.65. The molecule has 3 heterocycles. The third-order valence-electron chi connectivity index (χ3n) is 4.73. The summed E-state index contributed by atoms with van der Waals surface area (Å²) >= 11 is 1.74. The van der Waals surface area contributed by atoms with E-state index in [-0.39, 0.29) is 6.10 Å². The van der Waals surface area contributed by atoms with E-state index in [4.69, 9.17) is 0 Å². The fourth-order valence-corrected chi connectivity index (χ4v) is 4.31. The van der Waals surface area contributed by atoms with Gasteiger partial charge in [-0.15, -0.1) is 0 Å². The van der Waals surface area contributed by atoms with Crippen LogP contribution in [0.3, 0.4) is 0 Å². The monoisotopic (exact) mass is 372 g/mol. The van der Waals surface area contributed by atoms with Gasteiger partial charge >= 0.3 is 11.8 Å². The molecule has 1 saturated heterocycles. The van der Waals surface area contributed by atoms with E-state index in [0.717, 1.165) is 28.5 Å². The van der Waals surface area contributed by atoms with E-state index >= 15 is 0 Å². The van der Waals surface area contributed by atoms with Crippen molar-refractivity contribution in [3.05, 3.63) is 41.6 Å². The van der Waals surface area contributed by atoms with Crippen molar-refractivity contribution in [3.8, 4) is 5.69 Å². The third-order valence-corrected chi connectivity index (χ3v) is 5.70. The summed E-state index contributed by atoms with van der Waals surface area (Å²) in [7, 11) is 0. The van der Waals surface area contributed by atoms with Crippen molar-refractivity contribution in [1.29, 1.82) is 0 Å². The van der Waals surface area contributed by atoms with Gasteiger partial charge in [0.05, 0.1) is 17.5 Å². The van der Waals surface area contributed by atoms with Crippen LogP contribution in [0.1, 0.15) is 24.1 Å². The van der Waals surface area contributed by atoms with Crippen molar-refractivity contribution in [2.45, 2.75) is 30.5 Å². The van der Waals surface area contributed by atoms with E-state index in [1.807, 2.05) is 30.3 Å². The summed E-state index contributed by atoms with van der Waals surface area (Å²) in [5, 5.41) is 17.0. The van der Waals surface area contributed by atoms with Crippen LogP contribution in [-0.4, -0.2) is 50.8 Å². The standard InChI is InChI=1S/C18H20N4O3S/c23-13-6-8-21(9-7-13)18(25)17(24)19-16-14-10-26-11-15(14)20-22(16)12-4-2-1-3-5-12/h1-5,13,23H,6-11H2,(H,19,24). The first-order valence-corrected chi connectivity index (χ1v) is 9.81. The Morgan fingerprint density at radius 3 is 2.62 bits per heavy atom. The summed E-state index contributed by atoms with van der Waals surface area (Å²) in [5.74, 6) is 0.930.